The molecule has 0 bridgehead atoms. The van der Waals surface area contributed by atoms with Crippen LogP contribution in [0.1, 0.15) is 24.2 Å². The molecule has 0 N–H and O–H groups in total. The van der Waals surface area contributed by atoms with Gasteiger partial charge in [0.05, 0.1) is 11.6 Å². The van der Waals surface area contributed by atoms with Crippen molar-refractivity contribution in [1.29, 1.82) is 5.26 Å². The number of hydrogen-bond donors (Lipinski definition) is 0. The maximum absolute atomic E-state index is 8.78. The van der Waals surface area contributed by atoms with E-state index < -0.39 is 0 Å². The minimum Gasteiger partial charge on any atom is -0.470 e. The highest BCUT2D eigenvalue weighted by Crippen LogP contribution is 2.19. The Kier molecular flexibility index (Phi) is 3.37. The molecule has 2 rings (SSSR count). The van der Waals surface area contributed by atoms with E-state index in [9.17, 15) is 0 Å². The maximum Gasteiger partial charge on any atom is 0.215 e. The molecule has 0 aliphatic carbocycles. The summed E-state index contributed by atoms with van der Waals surface area (Å²) in [5.74, 6) is 0.473. The molecular formula is C14H12N2O. The predicted octanol–water partition coefficient (Wildman–Crippen LogP) is 3.09. The van der Waals surface area contributed by atoms with Gasteiger partial charge in [-0.2, -0.15) is 5.26 Å². The molecule has 17 heavy (non-hydrogen) atoms. The van der Waals surface area contributed by atoms with Gasteiger partial charge in [0.15, 0.2) is 0 Å². The molecular weight excluding hydrogens is 212 g/mol. The van der Waals surface area contributed by atoms with Crippen molar-refractivity contribution >= 4 is 0 Å². The second kappa shape index (κ2) is 5.13. The molecule has 2 aromatic rings. The van der Waals surface area contributed by atoms with Gasteiger partial charge in [-0.15, -0.1) is 0 Å². The second-order valence-electron chi connectivity index (χ2n) is 3.67. The van der Waals surface area contributed by atoms with E-state index in [0.717, 1.165) is 5.56 Å². The number of benzene rings is 1. The van der Waals surface area contributed by atoms with Crippen LogP contribution in [0.15, 0.2) is 48.7 Å². The number of pyridine rings is 1. The van der Waals surface area contributed by atoms with Gasteiger partial charge in [0, 0.05) is 12.3 Å². The molecule has 0 saturated heterocycles. The van der Waals surface area contributed by atoms with Gasteiger partial charge in [-0.05, 0) is 18.6 Å². The van der Waals surface area contributed by atoms with Crippen molar-refractivity contribution in [1.82, 2.24) is 4.98 Å². The van der Waals surface area contributed by atoms with Gasteiger partial charge in [-0.3, -0.25) is 0 Å². The smallest absolute Gasteiger partial charge is 0.215 e. The van der Waals surface area contributed by atoms with Gasteiger partial charge in [0.2, 0.25) is 5.88 Å². The molecule has 0 amide bonds. The molecule has 0 radical (unpaired) electrons. The van der Waals surface area contributed by atoms with Crippen LogP contribution in [-0.4, -0.2) is 4.98 Å². The van der Waals surface area contributed by atoms with Crippen molar-refractivity contribution in [2.75, 3.05) is 0 Å². The van der Waals surface area contributed by atoms with E-state index in [-0.39, 0.29) is 6.10 Å². The lowest BCUT2D eigenvalue weighted by atomic mass is 10.1. The lowest BCUT2D eigenvalue weighted by Crippen LogP contribution is -2.04. The Bertz CT molecular complexity index is 531. The van der Waals surface area contributed by atoms with Crippen LogP contribution in [0, 0.1) is 11.3 Å². The van der Waals surface area contributed by atoms with Gasteiger partial charge >= 0.3 is 0 Å². The molecule has 1 heterocycles. The van der Waals surface area contributed by atoms with E-state index >= 15 is 0 Å². The van der Waals surface area contributed by atoms with Crippen LogP contribution in [0.2, 0.25) is 0 Å². The first-order valence-electron chi connectivity index (χ1n) is 5.37. The molecule has 3 nitrogen and oxygen atoms in total. The van der Waals surface area contributed by atoms with Crippen LogP contribution in [0.4, 0.5) is 0 Å². The zero-order valence-electron chi connectivity index (χ0n) is 9.50. The van der Waals surface area contributed by atoms with Crippen LogP contribution in [0.3, 0.4) is 0 Å². The van der Waals surface area contributed by atoms with E-state index in [0.29, 0.717) is 11.4 Å². The largest absolute Gasteiger partial charge is 0.470 e. The first-order valence-corrected chi connectivity index (χ1v) is 5.37. The van der Waals surface area contributed by atoms with Crippen LogP contribution in [-0.2, 0) is 0 Å². The first-order chi connectivity index (χ1) is 8.29. The minimum atomic E-state index is -0.0855. The Morgan fingerprint density at radius 2 is 2.00 bits per heavy atom. The molecule has 0 fully saturated rings. The van der Waals surface area contributed by atoms with Crippen molar-refractivity contribution in [3.8, 4) is 11.9 Å². The SMILES string of the molecule is CC(Oc1cc(C#N)ccn1)c1ccccc1. The normalized spacial score (nSPS) is 11.5. The van der Waals surface area contributed by atoms with Gasteiger partial charge in [0.25, 0.3) is 0 Å². The van der Waals surface area contributed by atoms with Crippen molar-refractivity contribution in [2.45, 2.75) is 13.0 Å². The van der Waals surface area contributed by atoms with Crippen molar-refractivity contribution in [3.05, 3.63) is 59.8 Å². The Hall–Kier alpha value is -2.34. The fourth-order valence-corrected chi connectivity index (χ4v) is 1.52. The van der Waals surface area contributed by atoms with Gasteiger partial charge in [-0.1, -0.05) is 30.3 Å². The van der Waals surface area contributed by atoms with Crippen LogP contribution >= 0.6 is 0 Å². The lowest BCUT2D eigenvalue weighted by molar-refractivity contribution is 0.217. The summed E-state index contributed by atoms with van der Waals surface area (Å²) in [4.78, 5) is 4.08. The summed E-state index contributed by atoms with van der Waals surface area (Å²) in [7, 11) is 0. The molecule has 0 saturated carbocycles. The van der Waals surface area contributed by atoms with E-state index in [1.54, 1.807) is 18.3 Å². The van der Waals surface area contributed by atoms with Gasteiger partial charge < -0.3 is 4.74 Å². The van der Waals surface area contributed by atoms with E-state index in [1.165, 1.54) is 0 Å². The van der Waals surface area contributed by atoms with E-state index in [1.807, 2.05) is 37.3 Å². The molecule has 0 spiro atoms. The number of nitrogens with zero attached hydrogens (tertiary/aromatic N) is 2. The molecule has 3 heteroatoms. The Morgan fingerprint density at radius 3 is 2.71 bits per heavy atom. The van der Waals surface area contributed by atoms with Crippen molar-refractivity contribution < 1.29 is 4.74 Å². The summed E-state index contributed by atoms with van der Waals surface area (Å²) in [5, 5.41) is 8.78. The Morgan fingerprint density at radius 1 is 1.24 bits per heavy atom. The minimum absolute atomic E-state index is 0.0855. The third-order valence-electron chi connectivity index (χ3n) is 2.43. The highest BCUT2D eigenvalue weighted by Gasteiger charge is 2.07. The van der Waals surface area contributed by atoms with Gasteiger partial charge in [-0.25, -0.2) is 4.98 Å². The average Bonchev–Trinajstić information content (AvgIpc) is 2.40. The van der Waals surface area contributed by atoms with Crippen LogP contribution in [0.5, 0.6) is 5.88 Å². The molecule has 1 unspecified atom stereocenters. The number of hydrogen-bond acceptors (Lipinski definition) is 3. The highest BCUT2D eigenvalue weighted by molar-refractivity contribution is 5.31. The molecule has 1 aromatic heterocycles. The monoisotopic (exact) mass is 224 g/mol. The van der Waals surface area contributed by atoms with Crippen molar-refractivity contribution in [2.24, 2.45) is 0 Å². The molecule has 0 aliphatic rings. The fraction of sp³-hybridized carbons (Fsp3) is 0.143. The van der Waals surface area contributed by atoms with E-state index in [2.05, 4.69) is 11.1 Å². The zero-order valence-corrected chi connectivity index (χ0v) is 9.50. The summed E-state index contributed by atoms with van der Waals surface area (Å²) in [6.45, 7) is 1.95. The average molecular weight is 224 g/mol. The maximum atomic E-state index is 8.78. The number of aromatic nitrogens is 1. The number of rotatable bonds is 3. The van der Waals surface area contributed by atoms with Crippen LogP contribution < -0.4 is 4.74 Å². The molecule has 84 valence electrons. The topological polar surface area (TPSA) is 45.9 Å². The first kappa shape index (κ1) is 11.2. The van der Waals surface area contributed by atoms with Crippen LogP contribution in [0.25, 0.3) is 0 Å². The summed E-state index contributed by atoms with van der Waals surface area (Å²) in [6.07, 6.45) is 1.49. The number of nitriles is 1. The second-order valence-corrected chi connectivity index (χ2v) is 3.67. The predicted molar refractivity (Wildman–Crippen MR) is 64.4 cm³/mol. The summed E-state index contributed by atoms with van der Waals surface area (Å²) in [6, 6.07) is 15.2. The standard InChI is InChI=1S/C14H12N2O/c1-11(13-5-3-2-4-6-13)17-14-9-12(10-15)7-8-16-14/h2-9,11H,1H3. The number of ether oxygens (including phenoxy) is 1. The molecule has 1 atom stereocenters. The highest BCUT2D eigenvalue weighted by atomic mass is 16.5. The van der Waals surface area contributed by atoms with Crippen molar-refractivity contribution in [3.63, 3.8) is 0 Å². The third-order valence-corrected chi connectivity index (χ3v) is 2.43. The molecule has 0 aliphatic heterocycles. The lowest BCUT2D eigenvalue weighted by Gasteiger charge is -2.13. The molecule has 1 aromatic carbocycles. The summed E-state index contributed by atoms with van der Waals surface area (Å²) >= 11 is 0. The summed E-state index contributed by atoms with van der Waals surface area (Å²) < 4.78 is 5.68. The quantitative estimate of drug-likeness (QED) is 0.804. The summed E-state index contributed by atoms with van der Waals surface area (Å²) in [5.41, 5.74) is 1.63. The zero-order chi connectivity index (χ0) is 12.1. The van der Waals surface area contributed by atoms with E-state index in [4.69, 9.17) is 10.00 Å². The van der Waals surface area contributed by atoms with Gasteiger partial charge in [0.1, 0.15) is 6.10 Å². The Labute approximate surface area is 100 Å². The fourth-order valence-electron chi connectivity index (χ4n) is 1.52. The third kappa shape index (κ3) is 2.82. The Balaban J connectivity index is 2.13.